The van der Waals surface area contributed by atoms with Gasteiger partial charge >= 0.3 is 0 Å². The van der Waals surface area contributed by atoms with Crippen LogP contribution in [0.25, 0.3) is 10.1 Å². The number of pyridine rings is 1. The van der Waals surface area contributed by atoms with E-state index in [2.05, 4.69) is 26.6 Å². The zero-order valence-corrected chi connectivity index (χ0v) is 11.3. The molecule has 3 heterocycles. The van der Waals surface area contributed by atoms with Gasteiger partial charge in [-0.15, -0.1) is 11.3 Å². The normalized spacial score (nSPS) is 15.5. The lowest BCUT2D eigenvalue weighted by molar-refractivity contribution is 0.590. The van der Waals surface area contributed by atoms with Gasteiger partial charge < -0.3 is 10.2 Å². The predicted octanol–water partition coefficient (Wildman–Crippen LogP) is 2.73. The first-order valence-electron chi connectivity index (χ1n) is 6.22. The highest BCUT2D eigenvalue weighted by Crippen LogP contribution is 2.29. The van der Waals surface area contributed by atoms with Gasteiger partial charge in [0.15, 0.2) is 0 Å². The number of aromatic nitrogens is 1. The Kier molecular flexibility index (Phi) is 4.34. The van der Waals surface area contributed by atoms with Crippen molar-refractivity contribution in [1.82, 2.24) is 10.3 Å². The number of nitrogens with one attached hydrogen (secondary N) is 1. The van der Waals surface area contributed by atoms with Crippen LogP contribution in [0.4, 0.5) is 5.69 Å². The van der Waals surface area contributed by atoms with Crippen LogP contribution in [0.15, 0.2) is 23.8 Å². The van der Waals surface area contributed by atoms with E-state index in [1.165, 1.54) is 15.8 Å². The van der Waals surface area contributed by atoms with Gasteiger partial charge in [0.25, 0.3) is 0 Å². The Labute approximate surface area is 106 Å². The molecule has 0 bridgehead atoms. The standard InChI is InChI=1S/C11H13N3S.C2H6/c1-6-15-11-8-13-7-10(9(1)11)14-4-2-12-3-5-14;1-2/h1,6-8,12H,2-5H2;1-2H3. The quantitative estimate of drug-likeness (QED) is 0.842. The first-order valence-corrected chi connectivity index (χ1v) is 7.10. The van der Waals surface area contributed by atoms with E-state index in [9.17, 15) is 0 Å². The average Bonchev–Trinajstić information content (AvgIpc) is 2.90. The number of fused-ring (bicyclic) bond motifs is 1. The minimum Gasteiger partial charge on any atom is -0.367 e. The fourth-order valence-electron chi connectivity index (χ4n) is 2.04. The van der Waals surface area contributed by atoms with E-state index in [0.717, 1.165) is 26.2 Å². The van der Waals surface area contributed by atoms with Crippen molar-refractivity contribution in [2.45, 2.75) is 13.8 Å². The maximum atomic E-state index is 4.31. The molecule has 3 nitrogen and oxygen atoms in total. The first-order chi connectivity index (χ1) is 8.45. The summed E-state index contributed by atoms with van der Waals surface area (Å²) in [5.74, 6) is 0. The molecule has 3 rings (SSSR count). The maximum Gasteiger partial charge on any atom is 0.0641 e. The van der Waals surface area contributed by atoms with Crippen molar-refractivity contribution in [3.63, 3.8) is 0 Å². The second-order valence-corrected chi connectivity index (χ2v) is 4.68. The molecule has 1 fully saturated rings. The molecule has 0 radical (unpaired) electrons. The molecule has 1 aliphatic rings. The lowest BCUT2D eigenvalue weighted by Gasteiger charge is -2.29. The molecule has 0 atom stereocenters. The smallest absolute Gasteiger partial charge is 0.0641 e. The van der Waals surface area contributed by atoms with Crippen LogP contribution in [0.5, 0.6) is 0 Å². The summed E-state index contributed by atoms with van der Waals surface area (Å²) in [6.07, 6.45) is 3.94. The second-order valence-electron chi connectivity index (χ2n) is 3.73. The van der Waals surface area contributed by atoms with Crippen LogP contribution in [-0.2, 0) is 0 Å². The average molecular weight is 249 g/mol. The van der Waals surface area contributed by atoms with E-state index in [4.69, 9.17) is 0 Å². The number of hydrogen-bond acceptors (Lipinski definition) is 4. The topological polar surface area (TPSA) is 28.2 Å². The Balaban J connectivity index is 0.000000514. The van der Waals surface area contributed by atoms with Crippen molar-refractivity contribution in [2.24, 2.45) is 0 Å². The predicted molar refractivity (Wildman–Crippen MR) is 76.1 cm³/mol. The first kappa shape index (κ1) is 12.3. The van der Waals surface area contributed by atoms with Gasteiger partial charge in [0.1, 0.15) is 0 Å². The van der Waals surface area contributed by atoms with Gasteiger partial charge in [0.2, 0.25) is 0 Å². The van der Waals surface area contributed by atoms with E-state index in [0.29, 0.717) is 0 Å². The monoisotopic (exact) mass is 249 g/mol. The van der Waals surface area contributed by atoms with Crippen LogP contribution in [-0.4, -0.2) is 31.2 Å². The van der Waals surface area contributed by atoms with Crippen LogP contribution < -0.4 is 10.2 Å². The lowest BCUT2D eigenvalue weighted by atomic mass is 10.2. The Hall–Kier alpha value is -1.13. The van der Waals surface area contributed by atoms with Crippen molar-refractivity contribution < 1.29 is 0 Å². The molecule has 1 N–H and O–H groups in total. The fraction of sp³-hybridized carbons (Fsp3) is 0.462. The third kappa shape index (κ3) is 2.58. The van der Waals surface area contributed by atoms with Crippen LogP contribution in [0.2, 0.25) is 0 Å². The van der Waals surface area contributed by atoms with Gasteiger partial charge in [-0.3, -0.25) is 4.98 Å². The molecule has 17 heavy (non-hydrogen) atoms. The van der Waals surface area contributed by atoms with Gasteiger partial charge in [-0.25, -0.2) is 0 Å². The molecule has 4 heteroatoms. The number of nitrogens with zero attached hydrogens (tertiary/aromatic N) is 2. The Bertz CT molecular complexity index is 460. The third-order valence-electron chi connectivity index (χ3n) is 2.82. The molecule has 1 saturated heterocycles. The van der Waals surface area contributed by atoms with E-state index < -0.39 is 0 Å². The lowest BCUT2D eigenvalue weighted by Crippen LogP contribution is -2.43. The Morgan fingerprint density at radius 3 is 2.76 bits per heavy atom. The van der Waals surface area contributed by atoms with E-state index in [-0.39, 0.29) is 0 Å². The highest BCUT2D eigenvalue weighted by atomic mass is 32.1. The van der Waals surface area contributed by atoms with Crippen molar-refractivity contribution >= 4 is 27.1 Å². The molecule has 0 saturated carbocycles. The summed E-state index contributed by atoms with van der Waals surface area (Å²) in [6.45, 7) is 8.30. The molecule has 0 unspecified atom stereocenters. The van der Waals surface area contributed by atoms with Crippen molar-refractivity contribution in [3.8, 4) is 0 Å². The van der Waals surface area contributed by atoms with Gasteiger partial charge in [0.05, 0.1) is 16.6 Å². The number of rotatable bonds is 1. The largest absolute Gasteiger partial charge is 0.367 e. The fourth-order valence-corrected chi connectivity index (χ4v) is 2.81. The minimum absolute atomic E-state index is 1.07. The Morgan fingerprint density at radius 2 is 2.00 bits per heavy atom. The van der Waals surface area contributed by atoms with Crippen molar-refractivity contribution in [3.05, 3.63) is 23.8 Å². The van der Waals surface area contributed by atoms with Gasteiger partial charge in [-0.05, 0) is 11.4 Å². The Morgan fingerprint density at radius 1 is 1.24 bits per heavy atom. The van der Waals surface area contributed by atoms with E-state index >= 15 is 0 Å². The number of thiophene rings is 1. The van der Waals surface area contributed by atoms with Crippen LogP contribution in [0.3, 0.4) is 0 Å². The third-order valence-corrected chi connectivity index (χ3v) is 3.67. The summed E-state index contributed by atoms with van der Waals surface area (Å²) < 4.78 is 1.28. The molecule has 0 amide bonds. The SMILES string of the molecule is CC.c1cc2c(N3CCNCC3)cncc2s1. The highest BCUT2D eigenvalue weighted by molar-refractivity contribution is 7.17. The molecule has 0 spiro atoms. The van der Waals surface area contributed by atoms with E-state index in [1.54, 1.807) is 11.3 Å². The molecule has 1 aliphatic heterocycles. The number of piperazine rings is 1. The number of anilines is 1. The summed E-state index contributed by atoms with van der Waals surface area (Å²) >= 11 is 1.76. The minimum atomic E-state index is 1.07. The maximum absolute atomic E-state index is 4.31. The highest BCUT2D eigenvalue weighted by Gasteiger charge is 2.13. The molecule has 92 valence electrons. The summed E-state index contributed by atoms with van der Waals surface area (Å²) in [7, 11) is 0. The van der Waals surface area contributed by atoms with Crippen LogP contribution >= 0.6 is 11.3 Å². The van der Waals surface area contributed by atoms with Gasteiger partial charge in [0, 0.05) is 37.8 Å². The van der Waals surface area contributed by atoms with Crippen LogP contribution in [0, 0.1) is 0 Å². The van der Waals surface area contributed by atoms with Crippen molar-refractivity contribution in [1.29, 1.82) is 0 Å². The molecule has 0 aliphatic carbocycles. The summed E-state index contributed by atoms with van der Waals surface area (Å²) in [6, 6.07) is 2.19. The van der Waals surface area contributed by atoms with Gasteiger partial charge in [-0.2, -0.15) is 0 Å². The summed E-state index contributed by atoms with van der Waals surface area (Å²) in [5, 5.41) is 6.85. The molecule has 0 aromatic carbocycles. The molecular formula is C13H19N3S. The molecular weight excluding hydrogens is 230 g/mol. The van der Waals surface area contributed by atoms with E-state index in [1.807, 2.05) is 26.2 Å². The zero-order valence-electron chi connectivity index (χ0n) is 10.4. The van der Waals surface area contributed by atoms with Crippen molar-refractivity contribution in [2.75, 3.05) is 31.1 Å². The summed E-state index contributed by atoms with van der Waals surface area (Å²) in [4.78, 5) is 6.72. The number of hydrogen-bond donors (Lipinski definition) is 1. The molecule has 2 aromatic rings. The summed E-state index contributed by atoms with van der Waals surface area (Å²) in [5.41, 5.74) is 1.29. The second kappa shape index (κ2) is 5.98. The van der Waals surface area contributed by atoms with Crippen LogP contribution in [0.1, 0.15) is 13.8 Å². The zero-order chi connectivity index (χ0) is 12.1. The van der Waals surface area contributed by atoms with Gasteiger partial charge in [-0.1, -0.05) is 13.8 Å². The molecule has 2 aromatic heterocycles.